The van der Waals surface area contributed by atoms with Crippen LogP contribution < -0.4 is 0 Å². The van der Waals surface area contributed by atoms with Crippen molar-refractivity contribution in [2.45, 2.75) is 0 Å². The van der Waals surface area contributed by atoms with E-state index in [0.717, 1.165) is 20.8 Å². The van der Waals surface area contributed by atoms with Crippen molar-refractivity contribution in [2.24, 2.45) is 0 Å². The molecule has 0 radical (unpaired) electrons. The molecule has 0 heterocycles. The van der Waals surface area contributed by atoms with Crippen LogP contribution in [0.15, 0.2) is 95.5 Å². The van der Waals surface area contributed by atoms with Gasteiger partial charge in [0, 0.05) is 21.2 Å². The Balaban J connectivity index is 1.97. The summed E-state index contributed by atoms with van der Waals surface area (Å²) >= 11 is 3.63. The van der Waals surface area contributed by atoms with Gasteiger partial charge in [-0.1, -0.05) is 84.6 Å². The number of halogens is 1. The number of hydrogen-bond acceptors (Lipinski definition) is 1. The van der Waals surface area contributed by atoms with Gasteiger partial charge in [-0.25, -0.2) is 0 Å². The molecule has 0 atom stereocenters. The zero-order valence-corrected chi connectivity index (χ0v) is 16.0. The van der Waals surface area contributed by atoms with E-state index in [1.165, 1.54) is 0 Å². The van der Waals surface area contributed by atoms with Gasteiger partial charge in [0.1, 0.15) is 0 Å². The fourth-order valence-corrected chi connectivity index (χ4v) is 3.61. The normalized spacial score (nSPS) is 10.3. The Labute approximate surface area is 166 Å². The predicted molar refractivity (Wildman–Crippen MR) is 114 cm³/mol. The summed E-state index contributed by atoms with van der Waals surface area (Å²) < 4.78 is 0.823. The largest absolute Gasteiger partial charge is 0.289 e. The van der Waals surface area contributed by atoms with Crippen molar-refractivity contribution in [3.63, 3.8) is 0 Å². The fourth-order valence-electron chi connectivity index (χ4n) is 3.06. The van der Waals surface area contributed by atoms with Crippen molar-refractivity contribution < 1.29 is 4.79 Å². The van der Waals surface area contributed by atoms with Gasteiger partial charge in [-0.05, 0) is 44.9 Å². The van der Waals surface area contributed by atoms with Crippen LogP contribution in [0, 0.1) is 11.8 Å². The molecule has 0 spiro atoms. The van der Waals surface area contributed by atoms with Gasteiger partial charge in [0.25, 0.3) is 0 Å². The molecule has 0 amide bonds. The maximum Gasteiger partial charge on any atom is 0.194 e. The third-order valence-corrected chi connectivity index (χ3v) is 5.00. The zero-order valence-electron chi connectivity index (χ0n) is 14.4. The molecule has 128 valence electrons. The molecule has 4 aromatic rings. The minimum absolute atomic E-state index is 0.0227. The van der Waals surface area contributed by atoms with Crippen molar-refractivity contribution in [2.75, 3.05) is 0 Å². The van der Waals surface area contributed by atoms with Gasteiger partial charge in [-0.2, -0.15) is 0 Å². The Morgan fingerprint density at radius 1 is 0.741 bits per heavy atom. The van der Waals surface area contributed by atoms with E-state index < -0.39 is 0 Å². The highest BCUT2D eigenvalue weighted by atomic mass is 79.9. The number of carbonyl (C=O) groups excluding carboxylic acids is 1. The lowest BCUT2D eigenvalue weighted by atomic mass is 9.92. The van der Waals surface area contributed by atoms with Crippen LogP contribution in [0.1, 0.15) is 27.0 Å². The molecule has 0 fully saturated rings. The molecule has 0 unspecified atom stereocenters. The molecule has 1 nitrogen and oxygen atoms in total. The average molecular weight is 411 g/mol. The summed E-state index contributed by atoms with van der Waals surface area (Å²) in [6.45, 7) is 0. The van der Waals surface area contributed by atoms with E-state index in [9.17, 15) is 4.79 Å². The monoisotopic (exact) mass is 410 g/mol. The molecule has 2 heteroatoms. The lowest BCUT2D eigenvalue weighted by molar-refractivity contribution is 0.104. The number of hydrogen-bond donors (Lipinski definition) is 0. The highest BCUT2D eigenvalue weighted by molar-refractivity contribution is 9.10. The molecule has 0 aliphatic rings. The van der Waals surface area contributed by atoms with Crippen LogP contribution >= 0.6 is 15.9 Å². The van der Waals surface area contributed by atoms with Crippen LogP contribution in [0.25, 0.3) is 10.8 Å². The lowest BCUT2D eigenvalue weighted by Crippen LogP contribution is -2.06. The number of ketones is 1. The Hall–Kier alpha value is -3.15. The van der Waals surface area contributed by atoms with Gasteiger partial charge in [0.05, 0.1) is 5.56 Å². The van der Waals surface area contributed by atoms with E-state index in [1.54, 1.807) is 0 Å². The van der Waals surface area contributed by atoms with Crippen LogP contribution in [0.5, 0.6) is 0 Å². The second-order valence-corrected chi connectivity index (χ2v) is 7.00. The standard InChI is InChI=1S/C25H15BrO/c26-23-17-20-13-7-8-14-21(20)24(25(27)19-11-5-2-6-12-19)22(23)16-15-18-9-3-1-4-10-18/h1-14,17H. The van der Waals surface area contributed by atoms with Crippen molar-refractivity contribution in [3.05, 3.63) is 118 Å². The summed E-state index contributed by atoms with van der Waals surface area (Å²) in [5, 5.41) is 1.92. The molecular formula is C25H15BrO. The summed E-state index contributed by atoms with van der Waals surface area (Å²) in [5.41, 5.74) is 2.92. The third-order valence-electron chi connectivity index (χ3n) is 4.37. The summed E-state index contributed by atoms with van der Waals surface area (Å²) in [5.74, 6) is 6.38. The Morgan fingerprint density at radius 2 is 1.37 bits per heavy atom. The van der Waals surface area contributed by atoms with Crippen LogP contribution in [-0.2, 0) is 0 Å². The molecule has 0 saturated heterocycles. The summed E-state index contributed by atoms with van der Waals surface area (Å²) in [7, 11) is 0. The minimum atomic E-state index is -0.0227. The van der Waals surface area contributed by atoms with Gasteiger partial charge in [0.2, 0.25) is 0 Å². The minimum Gasteiger partial charge on any atom is -0.289 e. The van der Waals surface area contributed by atoms with Gasteiger partial charge in [-0.3, -0.25) is 4.79 Å². The van der Waals surface area contributed by atoms with Crippen LogP contribution in [-0.4, -0.2) is 5.78 Å². The van der Waals surface area contributed by atoms with Crippen LogP contribution in [0.3, 0.4) is 0 Å². The van der Waals surface area contributed by atoms with Gasteiger partial charge in [-0.15, -0.1) is 0 Å². The predicted octanol–water partition coefficient (Wildman–Crippen LogP) is 6.23. The Kier molecular flexibility index (Phi) is 4.87. The van der Waals surface area contributed by atoms with E-state index in [4.69, 9.17) is 0 Å². The second kappa shape index (κ2) is 7.61. The van der Waals surface area contributed by atoms with Crippen LogP contribution in [0.4, 0.5) is 0 Å². The van der Waals surface area contributed by atoms with Crippen molar-refractivity contribution in [1.82, 2.24) is 0 Å². The molecule has 27 heavy (non-hydrogen) atoms. The zero-order chi connectivity index (χ0) is 18.6. The summed E-state index contributed by atoms with van der Waals surface area (Å²) in [6.07, 6.45) is 0. The van der Waals surface area contributed by atoms with Crippen molar-refractivity contribution in [3.8, 4) is 11.8 Å². The smallest absolute Gasteiger partial charge is 0.194 e. The lowest BCUT2D eigenvalue weighted by Gasteiger charge is -2.11. The first-order valence-electron chi connectivity index (χ1n) is 8.62. The average Bonchev–Trinajstić information content (AvgIpc) is 2.73. The number of benzene rings is 4. The number of rotatable bonds is 2. The van der Waals surface area contributed by atoms with Crippen molar-refractivity contribution in [1.29, 1.82) is 0 Å². The molecule has 0 aromatic heterocycles. The molecule has 0 aliphatic carbocycles. The van der Waals surface area contributed by atoms with Gasteiger partial charge in [0.15, 0.2) is 5.78 Å². The Bertz CT molecular complexity index is 1180. The summed E-state index contributed by atoms with van der Waals surface area (Å²) in [4.78, 5) is 13.4. The first-order chi connectivity index (χ1) is 13.2. The third kappa shape index (κ3) is 3.56. The molecule has 0 aliphatic heterocycles. The quantitative estimate of drug-likeness (QED) is 0.282. The highest BCUT2D eigenvalue weighted by Crippen LogP contribution is 2.31. The van der Waals surface area contributed by atoms with Gasteiger partial charge < -0.3 is 0 Å². The molecule has 4 aromatic carbocycles. The van der Waals surface area contributed by atoms with E-state index >= 15 is 0 Å². The van der Waals surface area contributed by atoms with Crippen LogP contribution in [0.2, 0.25) is 0 Å². The van der Waals surface area contributed by atoms with Crippen molar-refractivity contribution >= 4 is 32.5 Å². The molecule has 0 N–H and O–H groups in total. The Morgan fingerprint density at radius 3 is 2.11 bits per heavy atom. The maximum absolute atomic E-state index is 13.4. The SMILES string of the molecule is O=C(c1ccccc1)c1c(C#Cc2ccccc2)c(Br)cc2ccccc12. The number of fused-ring (bicyclic) bond motifs is 1. The molecule has 0 saturated carbocycles. The van der Waals surface area contributed by atoms with E-state index in [-0.39, 0.29) is 5.78 Å². The van der Waals surface area contributed by atoms with E-state index in [1.807, 2.05) is 91.0 Å². The topological polar surface area (TPSA) is 17.1 Å². The molecule has 4 rings (SSSR count). The first kappa shape index (κ1) is 17.3. The fraction of sp³-hybridized carbons (Fsp3) is 0. The summed E-state index contributed by atoms with van der Waals surface area (Å²) in [6, 6.07) is 29.1. The maximum atomic E-state index is 13.4. The number of carbonyl (C=O) groups is 1. The molecule has 0 bridgehead atoms. The van der Waals surface area contributed by atoms with Gasteiger partial charge >= 0.3 is 0 Å². The molecular weight excluding hydrogens is 396 g/mol. The highest BCUT2D eigenvalue weighted by Gasteiger charge is 2.18. The van der Waals surface area contributed by atoms with E-state index in [2.05, 4.69) is 27.8 Å². The first-order valence-corrected chi connectivity index (χ1v) is 9.41. The van der Waals surface area contributed by atoms with E-state index in [0.29, 0.717) is 16.7 Å². The second-order valence-electron chi connectivity index (χ2n) is 6.14.